The van der Waals surface area contributed by atoms with E-state index in [1.165, 1.54) is 24.8 Å². The van der Waals surface area contributed by atoms with Gasteiger partial charge in [0.05, 0.1) is 6.61 Å². The summed E-state index contributed by atoms with van der Waals surface area (Å²) in [6.45, 7) is 9.86. The Labute approximate surface area is 113 Å². The van der Waals surface area contributed by atoms with E-state index in [-0.39, 0.29) is 0 Å². The first kappa shape index (κ1) is 15.1. The van der Waals surface area contributed by atoms with Gasteiger partial charge in [-0.3, -0.25) is 0 Å². The molecule has 0 aliphatic rings. The first-order valence-corrected chi connectivity index (χ1v) is 7.27. The highest BCUT2D eigenvalue weighted by Gasteiger charge is 2.03. The molecule has 0 heterocycles. The van der Waals surface area contributed by atoms with Gasteiger partial charge in [-0.2, -0.15) is 0 Å². The highest BCUT2D eigenvalue weighted by molar-refractivity contribution is 5.26. The maximum atomic E-state index is 5.76. The molecular formula is C17H28O. The van der Waals surface area contributed by atoms with E-state index in [1.807, 2.05) is 0 Å². The molecule has 1 aromatic carbocycles. The zero-order valence-electron chi connectivity index (χ0n) is 12.4. The number of hydrogen-bond donors (Lipinski definition) is 0. The zero-order valence-corrected chi connectivity index (χ0v) is 12.4. The molecule has 0 aromatic heterocycles. The summed E-state index contributed by atoms with van der Waals surface area (Å²) in [7, 11) is 0. The van der Waals surface area contributed by atoms with E-state index in [2.05, 4.69) is 52.0 Å². The van der Waals surface area contributed by atoms with E-state index in [0.717, 1.165) is 30.6 Å². The van der Waals surface area contributed by atoms with E-state index in [4.69, 9.17) is 4.74 Å². The molecule has 0 spiro atoms. The fourth-order valence-electron chi connectivity index (χ4n) is 2.03. The normalized spacial score (nSPS) is 12.7. The minimum Gasteiger partial charge on any atom is -0.494 e. The summed E-state index contributed by atoms with van der Waals surface area (Å²) in [5.41, 5.74) is 1.28. The van der Waals surface area contributed by atoms with Crippen molar-refractivity contribution in [1.82, 2.24) is 0 Å². The maximum Gasteiger partial charge on any atom is 0.119 e. The van der Waals surface area contributed by atoms with Crippen molar-refractivity contribution >= 4 is 0 Å². The van der Waals surface area contributed by atoms with Gasteiger partial charge in [0.25, 0.3) is 0 Å². The maximum absolute atomic E-state index is 5.76. The third-order valence-electron chi connectivity index (χ3n) is 3.38. The Hall–Kier alpha value is -0.980. The van der Waals surface area contributed by atoms with Crippen molar-refractivity contribution in [2.75, 3.05) is 6.61 Å². The SMILES string of the molecule is Cc1ccc(OCCC(C)CCCC(C)C)cc1. The predicted molar refractivity (Wildman–Crippen MR) is 79.1 cm³/mol. The standard InChI is InChI=1S/C17H28O/c1-14(2)6-5-7-15(3)12-13-18-17-10-8-16(4)9-11-17/h8-11,14-15H,5-7,12-13H2,1-4H3. The Morgan fingerprint density at radius 2 is 1.61 bits per heavy atom. The minimum absolute atomic E-state index is 0.772. The molecule has 0 N–H and O–H groups in total. The van der Waals surface area contributed by atoms with Gasteiger partial charge < -0.3 is 4.74 Å². The summed E-state index contributed by atoms with van der Waals surface area (Å²) < 4.78 is 5.76. The van der Waals surface area contributed by atoms with Crippen molar-refractivity contribution in [2.45, 2.75) is 53.4 Å². The van der Waals surface area contributed by atoms with Crippen LogP contribution in [0.4, 0.5) is 0 Å². The quantitative estimate of drug-likeness (QED) is 0.612. The van der Waals surface area contributed by atoms with Crippen LogP contribution in [0.2, 0.25) is 0 Å². The van der Waals surface area contributed by atoms with Crippen LogP contribution in [0.3, 0.4) is 0 Å². The van der Waals surface area contributed by atoms with Gasteiger partial charge in [0, 0.05) is 0 Å². The Kier molecular flexibility index (Phi) is 6.85. The lowest BCUT2D eigenvalue weighted by molar-refractivity contribution is 0.275. The molecule has 102 valence electrons. The fraction of sp³-hybridized carbons (Fsp3) is 0.647. The molecule has 0 saturated carbocycles. The van der Waals surface area contributed by atoms with Crippen LogP contribution in [0.25, 0.3) is 0 Å². The topological polar surface area (TPSA) is 9.23 Å². The van der Waals surface area contributed by atoms with Crippen molar-refractivity contribution in [3.05, 3.63) is 29.8 Å². The van der Waals surface area contributed by atoms with Crippen molar-refractivity contribution in [3.8, 4) is 5.75 Å². The molecule has 0 saturated heterocycles. The Morgan fingerprint density at radius 1 is 0.944 bits per heavy atom. The van der Waals surface area contributed by atoms with Crippen LogP contribution in [0.1, 0.15) is 52.0 Å². The van der Waals surface area contributed by atoms with E-state index >= 15 is 0 Å². The molecule has 0 aliphatic heterocycles. The average molecular weight is 248 g/mol. The first-order valence-electron chi connectivity index (χ1n) is 7.27. The van der Waals surface area contributed by atoms with Gasteiger partial charge in [-0.15, -0.1) is 0 Å². The summed E-state index contributed by atoms with van der Waals surface area (Å²) in [5, 5.41) is 0. The lowest BCUT2D eigenvalue weighted by atomic mass is 9.98. The third-order valence-corrected chi connectivity index (χ3v) is 3.38. The monoisotopic (exact) mass is 248 g/mol. The lowest BCUT2D eigenvalue weighted by Crippen LogP contribution is -2.04. The van der Waals surface area contributed by atoms with Gasteiger partial charge >= 0.3 is 0 Å². The average Bonchev–Trinajstić information content (AvgIpc) is 2.31. The fourth-order valence-corrected chi connectivity index (χ4v) is 2.03. The summed E-state index contributed by atoms with van der Waals surface area (Å²) in [6.07, 6.45) is 5.19. The molecule has 0 fully saturated rings. The Morgan fingerprint density at radius 3 is 2.22 bits per heavy atom. The van der Waals surface area contributed by atoms with Crippen molar-refractivity contribution in [3.63, 3.8) is 0 Å². The lowest BCUT2D eigenvalue weighted by Gasteiger charge is -2.13. The molecule has 1 atom stereocenters. The van der Waals surface area contributed by atoms with Crippen LogP contribution in [0.5, 0.6) is 5.75 Å². The first-order chi connectivity index (χ1) is 8.58. The van der Waals surface area contributed by atoms with Crippen LogP contribution in [-0.2, 0) is 0 Å². The molecule has 1 heteroatoms. The second-order valence-corrected chi connectivity index (χ2v) is 5.88. The minimum atomic E-state index is 0.772. The summed E-state index contributed by atoms with van der Waals surface area (Å²) >= 11 is 0. The van der Waals surface area contributed by atoms with Crippen LogP contribution in [0.15, 0.2) is 24.3 Å². The smallest absolute Gasteiger partial charge is 0.119 e. The second kappa shape index (κ2) is 8.18. The molecule has 18 heavy (non-hydrogen) atoms. The highest BCUT2D eigenvalue weighted by Crippen LogP contribution is 2.17. The molecule has 0 aliphatic carbocycles. The molecule has 1 rings (SSSR count). The van der Waals surface area contributed by atoms with Crippen LogP contribution >= 0.6 is 0 Å². The van der Waals surface area contributed by atoms with Gasteiger partial charge in [0.2, 0.25) is 0 Å². The molecule has 1 unspecified atom stereocenters. The third kappa shape index (κ3) is 6.68. The number of benzene rings is 1. The van der Waals surface area contributed by atoms with Crippen LogP contribution < -0.4 is 4.74 Å². The number of aryl methyl sites for hydroxylation is 1. The van der Waals surface area contributed by atoms with Crippen LogP contribution in [-0.4, -0.2) is 6.61 Å². The number of rotatable bonds is 8. The van der Waals surface area contributed by atoms with Gasteiger partial charge in [0.15, 0.2) is 0 Å². The summed E-state index contributed by atoms with van der Waals surface area (Å²) in [6, 6.07) is 8.31. The van der Waals surface area contributed by atoms with Crippen molar-refractivity contribution < 1.29 is 4.74 Å². The van der Waals surface area contributed by atoms with Gasteiger partial charge in [0.1, 0.15) is 5.75 Å². The van der Waals surface area contributed by atoms with E-state index in [9.17, 15) is 0 Å². The van der Waals surface area contributed by atoms with E-state index < -0.39 is 0 Å². The molecule has 0 radical (unpaired) electrons. The van der Waals surface area contributed by atoms with E-state index in [1.54, 1.807) is 0 Å². The summed E-state index contributed by atoms with van der Waals surface area (Å²) in [5.74, 6) is 2.60. The van der Waals surface area contributed by atoms with Gasteiger partial charge in [-0.25, -0.2) is 0 Å². The molecule has 1 nitrogen and oxygen atoms in total. The van der Waals surface area contributed by atoms with Gasteiger partial charge in [-0.1, -0.05) is 57.7 Å². The van der Waals surface area contributed by atoms with Crippen molar-refractivity contribution in [1.29, 1.82) is 0 Å². The Bertz CT molecular complexity index is 313. The number of ether oxygens (including phenoxy) is 1. The molecule has 0 amide bonds. The predicted octanol–water partition coefficient (Wildman–Crippen LogP) is 5.23. The zero-order chi connectivity index (χ0) is 13.4. The van der Waals surface area contributed by atoms with Gasteiger partial charge in [-0.05, 0) is 37.3 Å². The highest BCUT2D eigenvalue weighted by atomic mass is 16.5. The van der Waals surface area contributed by atoms with Crippen LogP contribution in [0, 0.1) is 18.8 Å². The second-order valence-electron chi connectivity index (χ2n) is 5.88. The molecular weight excluding hydrogens is 220 g/mol. The molecule has 0 bridgehead atoms. The Balaban J connectivity index is 2.11. The summed E-state index contributed by atoms with van der Waals surface area (Å²) in [4.78, 5) is 0. The van der Waals surface area contributed by atoms with Crippen molar-refractivity contribution in [2.24, 2.45) is 11.8 Å². The molecule has 1 aromatic rings. The largest absolute Gasteiger partial charge is 0.494 e. The van der Waals surface area contributed by atoms with E-state index in [0.29, 0.717) is 0 Å². The number of hydrogen-bond acceptors (Lipinski definition) is 1.